The largest absolute Gasteiger partial charge is 0.271 e. The Bertz CT molecular complexity index is 920. The van der Waals surface area contributed by atoms with Gasteiger partial charge in [0.05, 0.1) is 6.21 Å². The van der Waals surface area contributed by atoms with Crippen molar-refractivity contribution in [1.82, 2.24) is 5.43 Å². The number of nitrogens with zero attached hydrogens (tertiary/aromatic N) is 1. The molecule has 0 aromatic heterocycles. The van der Waals surface area contributed by atoms with Gasteiger partial charge in [0, 0.05) is 21.2 Å². The third-order valence-electron chi connectivity index (χ3n) is 3.89. The molecular formula is C22H19ClN2OS. The zero-order chi connectivity index (χ0) is 19.1. The van der Waals surface area contributed by atoms with Gasteiger partial charge in [0.1, 0.15) is 0 Å². The zero-order valence-electron chi connectivity index (χ0n) is 14.9. The first kappa shape index (κ1) is 19.2. The van der Waals surface area contributed by atoms with Crippen LogP contribution in [-0.4, -0.2) is 12.1 Å². The third kappa shape index (κ3) is 5.98. The van der Waals surface area contributed by atoms with Crippen LogP contribution >= 0.6 is 23.4 Å². The van der Waals surface area contributed by atoms with Gasteiger partial charge in [0.15, 0.2) is 0 Å². The van der Waals surface area contributed by atoms with Crippen molar-refractivity contribution in [3.05, 3.63) is 100 Å². The maximum atomic E-state index is 12.2. The van der Waals surface area contributed by atoms with E-state index in [-0.39, 0.29) is 5.91 Å². The van der Waals surface area contributed by atoms with Crippen molar-refractivity contribution in [1.29, 1.82) is 0 Å². The standard InChI is InChI=1S/C22H19ClN2OS/c1-16-2-4-17(5-3-16)14-24-25-22(26)19-8-6-18(7-9-19)15-27-21-12-10-20(23)11-13-21/h2-14H,15H2,1H3,(H,25,26)/b24-14-. The Balaban J connectivity index is 1.52. The first-order chi connectivity index (χ1) is 13.1. The van der Waals surface area contributed by atoms with Crippen molar-refractivity contribution < 1.29 is 4.79 Å². The molecule has 3 nitrogen and oxygen atoms in total. The fraction of sp³-hybridized carbons (Fsp3) is 0.0909. The Morgan fingerprint density at radius 1 is 1.00 bits per heavy atom. The molecule has 27 heavy (non-hydrogen) atoms. The third-order valence-corrected chi connectivity index (χ3v) is 5.23. The Morgan fingerprint density at radius 2 is 1.67 bits per heavy atom. The van der Waals surface area contributed by atoms with Crippen LogP contribution in [0.25, 0.3) is 0 Å². The molecule has 0 saturated carbocycles. The number of hydrazone groups is 1. The number of hydrogen-bond acceptors (Lipinski definition) is 3. The monoisotopic (exact) mass is 394 g/mol. The number of halogens is 1. The molecular weight excluding hydrogens is 376 g/mol. The van der Waals surface area contributed by atoms with Crippen molar-refractivity contribution in [3.63, 3.8) is 0 Å². The van der Waals surface area contributed by atoms with Crippen LogP contribution in [0, 0.1) is 6.92 Å². The van der Waals surface area contributed by atoms with E-state index in [1.165, 1.54) is 5.56 Å². The molecule has 0 bridgehead atoms. The molecule has 5 heteroatoms. The quantitative estimate of drug-likeness (QED) is 0.330. The summed E-state index contributed by atoms with van der Waals surface area (Å²) in [6.45, 7) is 2.03. The van der Waals surface area contributed by atoms with Gasteiger partial charge in [-0.2, -0.15) is 5.10 Å². The average molecular weight is 395 g/mol. The van der Waals surface area contributed by atoms with E-state index in [1.54, 1.807) is 18.0 Å². The highest BCUT2D eigenvalue weighted by molar-refractivity contribution is 7.98. The topological polar surface area (TPSA) is 41.5 Å². The molecule has 3 aromatic carbocycles. The van der Waals surface area contributed by atoms with Crippen LogP contribution in [0.3, 0.4) is 0 Å². The van der Waals surface area contributed by atoms with Crippen molar-refractivity contribution in [2.45, 2.75) is 17.6 Å². The summed E-state index contributed by atoms with van der Waals surface area (Å²) >= 11 is 7.62. The molecule has 0 spiro atoms. The summed E-state index contributed by atoms with van der Waals surface area (Å²) in [7, 11) is 0. The van der Waals surface area contributed by atoms with E-state index >= 15 is 0 Å². The lowest BCUT2D eigenvalue weighted by molar-refractivity contribution is 0.0955. The predicted octanol–water partition coefficient (Wildman–Crippen LogP) is 5.70. The molecule has 0 radical (unpaired) electrons. The Kier molecular flexibility index (Phi) is 6.69. The smallest absolute Gasteiger partial charge is 0.267 e. The second-order valence-electron chi connectivity index (χ2n) is 6.05. The number of thioether (sulfide) groups is 1. The molecule has 0 saturated heterocycles. The van der Waals surface area contributed by atoms with Gasteiger partial charge in [-0.15, -0.1) is 11.8 Å². The predicted molar refractivity (Wildman–Crippen MR) is 114 cm³/mol. The molecule has 0 aliphatic carbocycles. The van der Waals surface area contributed by atoms with Gasteiger partial charge in [0.25, 0.3) is 5.91 Å². The Labute approximate surface area is 168 Å². The molecule has 136 valence electrons. The van der Waals surface area contributed by atoms with Crippen LogP contribution in [0.15, 0.2) is 82.8 Å². The molecule has 1 amide bonds. The van der Waals surface area contributed by atoms with E-state index in [9.17, 15) is 4.79 Å². The lowest BCUT2D eigenvalue weighted by atomic mass is 10.1. The summed E-state index contributed by atoms with van der Waals surface area (Å²) < 4.78 is 0. The Hall–Kier alpha value is -2.56. The summed E-state index contributed by atoms with van der Waals surface area (Å²) in [5.74, 6) is 0.602. The normalized spacial score (nSPS) is 10.9. The minimum Gasteiger partial charge on any atom is -0.267 e. The molecule has 0 atom stereocenters. The molecule has 0 unspecified atom stereocenters. The Morgan fingerprint density at radius 3 is 2.33 bits per heavy atom. The highest BCUT2D eigenvalue weighted by atomic mass is 35.5. The second kappa shape index (κ2) is 9.40. The highest BCUT2D eigenvalue weighted by Gasteiger charge is 2.04. The SMILES string of the molecule is Cc1ccc(/C=N\NC(=O)c2ccc(CSc3ccc(Cl)cc3)cc2)cc1. The van der Waals surface area contributed by atoms with Crippen LogP contribution < -0.4 is 5.43 Å². The first-order valence-corrected chi connectivity index (χ1v) is 9.84. The number of nitrogens with one attached hydrogen (secondary N) is 1. The number of carbonyl (C=O) groups excluding carboxylic acids is 1. The maximum absolute atomic E-state index is 12.2. The van der Waals surface area contributed by atoms with Crippen molar-refractivity contribution in [2.24, 2.45) is 5.10 Å². The molecule has 0 aliphatic heterocycles. The van der Waals surface area contributed by atoms with Crippen LogP contribution in [0.1, 0.15) is 27.0 Å². The van der Waals surface area contributed by atoms with Gasteiger partial charge < -0.3 is 0 Å². The number of amides is 1. The van der Waals surface area contributed by atoms with E-state index in [0.717, 1.165) is 26.8 Å². The molecule has 3 aromatic rings. The lowest BCUT2D eigenvalue weighted by Gasteiger charge is -2.04. The van der Waals surface area contributed by atoms with Crippen molar-refractivity contribution >= 4 is 35.5 Å². The van der Waals surface area contributed by atoms with Gasteiger partial charge in [-0.3, -0.25) is 4.79 Å². The van der Waals surface area contributed by atoms with Crippen LogP contribution in [0.5, 0.6) is 0 Å². The molecule has 0 fully saturated rings. The number of rotatable bonds is 6. The maximum Gasteiger partial charge on any atom is 0.271 e. The minimum atomic E-state index is -0.227. The van der Waals surface area contributed by atoms with E-state index in [4.69, 9.17) is 11.6 Å². The lowest BCUT2D eigenvalue weighted by Crippen LogP contribution is -2.17. The summed E-state index contributed by atoms with van der Waals surface area (Å²) in [5, 5.41) is 4.75. The van der Waals surface area contributed by atoms with E-state index in [1.807, 2.05) is 79.7 Å². The fourth-order valence-electron chi connectivity index (χ4n) is 2.33. The van der Waals surface area contributed by atoms with Gasteiger partial charge in [-0.25, -0.2) is 5.43 Å². The van der Waals surface area contributed by atoms with Gasteiger partial charge in [-0.05, 0) is 54.4 Å². The average Bonchev–Trinajstić information content (AvgIpc) is 2.69. The fourth-order valence-corrected chi connectivity index (χ4v) is 3.31. The minimum absolute atomic E-state index is 0.227. The van der Waals surface area contributed by atoms with Gasteiger partial charge in [-0.1, -0.05) is 53.6 Å². The van der Waals surface area contributed by atoms with E-state index in [2.05, 4.69) is 10.5 Å². The second-order valence-corrected chi connectivity index (χ2v) is 7.53. The van der Waals surface area contributed by atoms with Gasteiger partial charge in [0.2, 0.25) is 0 Å². The highest BCUT2D eigenvalue weighted by Crippen LogP contribution is 2.24. The number of carbonyl (C=O) groups is 1. The molecule has 1 N–H and O–H groups in total. The first-order valence-electron chi connectivity index (χ1n) is 8.47. The summed E-state index contributed by atoms with van der Waals surface area (Å²) in [5.41, 5.74) is 6.41. The van der Waals surface area contributed by atoms with Crippen LogP contribution in [-0.2, 0) is 5.75 Å². The van der Waals surface area contributed by atoms with Crippen molar-refractivity contribution in [3.8, 4) is 0 Å². The molecule has 0 heterocycles. The molecule has 0 aliphatic rings. The number of hydrogen-bond donors (Lipinski definition) is 1. The van der Waals surface area contributed by atoms with Crippen LogP contribution in [0.4, 0.5) is 0 Å². The number of benzene rings is 3. The van der Waals surface area contributed by atoms with Crippen molar-refractivity contribution in [2.75, 3.05) is 0 Å². The van der Waals surface area contributed by atoms with E-state index < -0.39 is 0 Å². The van der Waals surface area contributed by atoms with E-state index in [0.29, 0.717) is 5.56 Å². The van der Waals surface area contributed by atoms with Crippen LogP contribution in [0.2, 0.25) is 5.02 Å². The number of aryl methyl sites for hydroxylation is 1. The summed E-state index contributed by atoms with van der Waals surface area (Å²) in [6.07, 6.45) is 1.63. The summed E-state index contributed by atoms with van der Waals surface area (Å²) in [4.78, 5) is 13.3. The molecule has 3 rings (SSSR count). The van der Waals surface area contributed by atoms with Gasteiger partial charge >= 0.3 is 0 Å². The summed E-state index contributed by atoms with van der Waals surface area (Å²) in [6, 6.07) is 23.2. The zero-order valence-corrected chi connectivity index (χ0v) is 16.4.